The third-order valence-electron chi connectivity index (χ3n) is 13.0. The van der Waals surface area contributed by atoms with Crippen molar-refractivity contribution >= 4 is 24.3 Å². The Morgan fingerprint density at radius 1 is 0.235 bits per heavy atom. The first-order chi connectivity index (χ1) is 39.4. The summed E-state index contributed by atoms with van der Waals surface area (Å²) < 4.78 is 0. The van der Waals surface area contributed by atoms with E-state index in [1.165, 1.54) is 0 Å². The summed E-state index contributed by atoms with van der Waals surface area (Å²) in [6.07, 6.45) is 11.4. The number of rotatable bonds is 11. The normalized spacial score (nSPS) is 10.7. The molecule has 81 heavy (non-hydrogen) atoms. The molecule has 386 valence electrons. The van der Waals surface area contributed by atoms with Crippen LogP contribution in [0.3, 0.4) is 0 Å². The predicted octanol–water partition coefficient (Wildman–Crippen LogP) is 14.9. The van der Waals surface area contributed by atoms with E-state index >= 15 is 0 Å². The van der Waals surface area contributed by atoms with Gasteiger partial charge >= 0.3 is 21.7 Å². The maximum atomic E-state index is 13.0. The zero-order valence-electron chi connectivity index (χ0n) is 43.8. The van der Waals surface area contributed by atoms with Gasteiger partial charge in [-0.3, -0.25) is 0 Å². The molecular formula is C72H50N4O4Ti. The Morgan fingerprint density at radius 3 is 0.728 bits per heavy atom. The van der Waals surface area contributed by atoms with Gasteiger partial charge in [0.2, 0.25) is 0 Å². The van der Waals surface area contributed by atoms with Crippen LogP contribution in [0.2, 0.25) is 0 Å². The molecule has 0 amide bonds. The molecule has 2 aromatic heterocycles. The van der Waals surface area contributed by atoms with Crippen molar-refractivity contribution < 1.29 is 42.1 Å². The maximum absolute atomic E-state index is 13.0. The smallest absolute Gasteiger partial charge is 0.872 e. The Morgan fingerprint density at radius 2 is 0.469 bits per heavy atom. The molecule has 0 bridgehead atoms. The monoisotopic (exact) mass is 1080 g/mol. The van der Waals surface area contributed by atoms with E-state index < -0.39 is 0 Å². The number of hydrogen-bond donors (Lipinski definition) is 0. The Bertz CT molecular complexity index is 3600. The summed E-state index contributed by atoms with van der Waals surface area (Å²) in [5.41, 5.74) is 11.4. The molecule has 0 aliphatic heterocycles. The molecule has 0 saturated heterocycles. The number of para-hydroxylation sites is 4. The van der Waals surface area contributed by atoms with Gasteiger partial charge in [-0.05, 0) is 102 Å². The second-order valence-corrected chi connectivity index (χ2v) is 18.3. The number of aromatic nitrogens is 4. The summed E-state index contributed by atoms with van der Waals surface area (Å²) in [7, 11) is 0. The standard InChI is InChI=1S/C24H18N4.2C24H18O2.Ti/c1-3-7-19(8-4-1)11-13-21-15-17-25-23(27-21)24-26-18-16-22(28-24)14-12-20-9-5-2-6-10-20;2*25-23-19(17-9-3-1-4-10-17)13-7-15-21(23)22-16-8-14-20(24(22)26)18-11-5-2-6-12-18;/h1-18H;2*1-16,25-26H;/q;;;+4/p-4/b13-11+,14-12+;;;. The predicted molar refractivity (Wildman–Crippen MR) is 317 cm³/mol. The summed E-state index contributed by atoms with van der Waals surface area (Å²) in [5, 5.41) is 52.1. The first kappa shape index (κ1) is 55.5. The van der Waals surface area contributed by atoms with Crippen molar-refractivity contribution in [2.75, 3.05) is 0 Å². The van der Waals surface area contributed by atoms with Crippen LogP contribution in [0.15, 0.2) is 279 Å². The average Bonchev–Trinajstić information content (AvgIpc) is 3.53. The van der Waals surface area contributed by atoms with Crippen molar-refractivity contribution in [2.45, 2.75) is 0 Å². The number of nitrogens with zero attached hydrogens (tertiary/aromatic N) is 4. The van der Waals surface area contributed by atoms with Gasteiger partial charge in [0.1, 0.15) is 0 Å². The van der Waals surface area contributed by atoms with E-state index in [4.69, 9.17) is 0 Å². The van der Waals surface area contributed by atoms with Crippen LogP contribution in [-0.2, 0) is 21.7 Å². The summed E-state index contributed by atoms with van der Waals surface area (Å²) >= 11 is 0. The van der Waals surface area contributed by atoms with Crippen LogP contribution < -0.4 is 20.4 Å². The van der Waals surface area contributed by atoms with Gasteiger partial charge in [0.05, 0.1) is 11.4 Å². The SMILES string of the molecule is C(=C\c1ccnc(-c2nccc(/C=C/c3ccccc3)n2)n1)/c1ccccc1.[O-]c1c(-c2ccccc2)cccc1-c1cccc(-c2ccccc2)c1[O-].[O-]c1c(-c2ccccc2)cccc1-c1cccc(-c2ccccc2)c1[O-].[Ti+4]. The molecule has 12 rings (SSSR count). The van der Waals surface area contributed by atoms with E-state index in [9.17, 15) is 20.4 Å². The van der Waals surface area contributed by atoms with Crippen molar-refractivity contribution in [1.29, 1.82) is 0 Å². The molecule has 0 radical (unpaired) electrons. The van der Waals surface area contributed by atoms with Crippen LogP contribution in [0.4, 0.5) is 0 Å². The molecule has 0 spiro atoms. The molecule has 0 N–H and O–H groups in total. The molecule has 8 nitrogen and oxygen atoms in total. The fourth-order valence-corrected chi connectivity index (χ4v) is 9.01. The fraction of sp³-hybridized carbons (Fsp3) is 0. The summed E-state index contributed by atoms with van der Waals surface area (Å²) in [4.78, 5) is 17.8. The van der Waals surface area contributed by atoms with E-state index in [2.05, 4.69) is 19.9 Å². The van der Waals surface area contributed by atoms with Crippen LogP contribution in [0, 0.1) is 0 Å². The third kappa shape index (κ3) is 13.9. The second-order valence-electron chi connectivity index (χ2n) is 18.3. The molecule has 0 fully saturated rings. The number of hydrogen-bond acceptors (Lipinski definition) is 8. The van der Waals surface area contributed by atoms with Gasteiger partial charge in [-0.25, -0.2) is 19.9 Å². The molecule has 0 aliphatic carbocycles. The minimum absolute atomic E-state index is 0. The first-order valence-corrected chi connectivity index (χ1v) is 25.9. The third-order valence-corrected chi connectivity index (χ3v) is 13.0. The van der Waals surface area contributed by atoms with E-state index in [1.54, 1.807) is 60.9 Å². The largest absolute Gasteiger partial charge is 4.00 e. The zero-order valence-corrected chi connectivity index (χ0v) is 45.4. The summed E-state index contributed by atoms with van der Waals surface area (Å²) in [6.45, 7) is 0. The Labute approximate surface area is 486 Å². The molecule has 0 atom stereocenters. The van der Waals surface area contributed by atoms with Crippen molar-refractivity contribution in [3.63, 3.8) is 0 Å². The molecule has 0 saturated carbocycles. The molecular weight excluding hydrogens is 1030 g/mol. The average molecular weight is 1080 g/mol. The van der Waals surface area contributed by atoms with Gasteiger partial charge in [0.15, 0.2) is 11.6 Å². The Hall–Kier alpha value is -10.2. The van der Waals surface area contributed by atoms with Gasteiger partial charge in [-0.2, -0.15) is 0 Å². The van der Waals surface area contributed by atoms with E-state index in [0.29, 0.717) is 56.2 Å². The van der Waals surface area contributed by atoms with Gasteiger partial charge in [-0.1, -0.05) is 290 Å². The van der Waals surface area contributed by atoms with E-state index in [-0.39, 0.29) is 44.7 Å². The molecule has 0 aliphatic rings. The summed E-state index contributed by atoms with van der Waals surface area (Å²) in [5.74, 6) is 0.513. The van der Waals surface area contributed by atoms with Gasteiger partial charge in [0.25, 0.3) is 0 Å². The van der Waals surface area contributed by atoms with Crippen molar-refractivity contribution in [3.05, 3.63) is 302 Å². The summed E-state index contributed by atoms with van der Waals surface area (Å²) in [6, 6.07) is 83.4. The van der Waals surface area contributed by atoms with Crippen LogP contribution >= 0.6 is 0 Å². The van der Waals surface area contributed by atoms with Gasteiger partial charge in [-0.15, -0.1) is 0 Å². The van der Waals surface area contributed by atoms with Crippen molar-refractivity contribution in [3.8, 4) is 101 Å². The van der Waals surface area contributed by atoms with Crippen LogP contribution in [0.25, 0.3) is 103 Å². The zero-order chi connectivity index (χ0) is 54.9. The Kier molecular flexibility index (Phi) is 18.8. The van der Waals surface area contributed by atoms with Crippen LogP contribution in [0.1, 0.15) is 22.5 Å². The van der Waals surface area contributed by atoms with Crippen LogP contribution in [-0.4, -0.2) is 19.9 Å². The Balaban J connectivity index is 0.000000146. The minimum Gasteiger partial charge on any atom is -0.872 e. The van der Waals surface area contributed by atoms with Crippen molar-refractivity contribution in [1.82, 2.24) is 19.9 Å². The fourth-order valence-electron chi connectivity index (χ4n) is 9.01. The van der Waals surface area contributed by atoms with Crippen molar-refractivity contribution in [2.24, 2.45) is 0 Å². The maximum Gasteiger partial charge on any atom is 4.00 e. The van der Waals surface area contributed by atoms with Crippen LogP contribution in [0.5, 0.6) is 23.0 Å². The minimum atomic E-state index is -0.124. The van der Waals surface area contributed by atoms with E-state index in [1.807, 2.05) is 243 Å². The molecule has 10 aromatic carbocycles. The van der Waals surface area contributed by atoms with Gasteiger partial charge in [0, 0.05) is 12.4 Å². The number of benzene rings is 10. The topological polar surface area (TPSA) is 144 Å². The second kappa shape index (κ2) is 27.4. The molecule has 0 unspecified atom stereocenters. The first-order valence-electron chi connectivity index (χ1n) is 25.9. The van der Waals surface area contributed by atoms with E-state index in [0.717, 1.165) is 44.8 Å². The van der Waals surface area contributed by atoms with Gasteiger partial charge < -0.3 is 20.4 Å². The molecule has 9 heteroatoms. The molecule has 2 heterocycles. The quantitative estimate of drug-likeness (QED) is 0.116. The molecule has 12 aromatic rings.